The van der Waals surface area contributed by atoms with Crippen LogP contribution in [0.3, 0.4) is 0 Å². The summed E-state index contributed by atoms with van der Waals surface area (Å²) in [6.45, 7) is 4.02. The molecule has 0 saturated carbocycles. The van der Waals surface area contributed by atoms with Crippen LogP contribution in [-0.2, 0) is 14.6 Å². The molecule has 0 aromatic carbocycles. The lowest BCUT2D eigenvalue weighted by molar-refractivity contribution is -0.138. The SMILES string of the molecule is CCC(CC)N(C)C(=O)N1CCS(=O)(=O)CC1CC(=O)O. The zero-order chi connectivity index (χ0) is 16.2. The third-order valence-corrected chi connectivity index (χ3v) is 5.68. The number of hydrogen-bond acceptors (Lipinski definition) is 4. The molecule has 21 heavy (non-hydrogen) atoms. The first-order valence-electron chi connectivity index (χ1n) is 7.17. The molecule has 1 aliphatic heterocycles. The number of sulfone groups is 1. The van der Waals surface area contributed by atoms with Crippen LogP contribution >= 0.6 is 0 Å². The molecule has 0 aromatic rings. The molecule has 8 heteroatoms. The summed E-state index contributed by atoms with van der Waals surface area (Å²) in [5.41, 5.74) is 0. The second-order valence-electron chi connectivity index (χ2n) is 5.42. The molecule has 0 spiro atoms. The van der Waals surface area contributed by atoms with Crippen LogP contribution in [0.15, 0.2) is 0 Å². The lowest BCUT2D eigenvalue weighted by Crippen LogP contribution is -2.56. The minimum absolute atomic E-state index is 0.0591. The molecule has 1 N–H and O–H groups in total. The van der Waals surface area contributed by atoms with Gasteiger partial charge in [-0.3, -0.25) is 4.79 Å². The quantitative estimate of drug-likeness (QED) is 0.808. The van der Waals surface area contributed by atoms with E-state index in [1.54, 1.807) is 11.9 Å². The van der Waals surface area contributed by atoms with Crippen molar-refractivity contribution < 1.29 is 23.1 Å². The number of carbonyl (C=O) groups excluding carboxylic acids is 1. The van der Waals surface area contributed by atoms with E-state index in [1.807, 2.05) is 13.8 Å². The van der Waals surface area contributed by atoms with Gasteiger partial charge in [0.05, 0.1) is 24.0 Å². The fourth-order valence-electron chi connectivity index (χ4n) is 2.70. The van der Waals surface area contributed by atoms with Gasteiger partial charge in [0.25, 0.3) is 0 Å². The Labute approximate surface area is 125 Å². The zero-order valence-corrected chi connectivity index (χ0v) is 13.6. The molecular weight excluding hydrogens is 296 g/mol. The normalized spacial score (nSPS) is 21.3. The summed E-state index contributed by atoms with van der Waals surface area (Å²) in [6, 6.07) is -1.00. The number of nitrogens with zero attached hydrogens (tertiary/aromatic N) is 2. The van der Waals surface area contributed by atoms with E-state index in [0.717, 1.165) is 12.8 Å². The van der Waals surface area contributed by atoms with E-state index >= 15 is 0 Å². The predicted octanol–water partition coefficient (Wildman–Crippen LogP) is 0.801. The fourth-order valence-corrected chi connectivity index (χ4v) is 4.23. The first-order chi connectivity index (χ1) is 9.71. The van der Waals surface area contributed by atoms with Crippen molar-refractivity contribution in [2.45, 2.75) is 45.2 Å². The van der Waals surface area contributed by atoms with E-state index in [9.17, 15) is 18.0 Å². The molecule has 1 rings (SSSR count). The third kappa shape index (κ3) is 4.59. The number of rotatable bonds is 5. The molecule has 0 bridgehead atoms. The molecule has 1 unspecified atom stereocenters. The predicted molar refractivity (Wildman–Crippen MR) is 78.9 cm³/mol. The number of hydrogen-bond donors (Lipinski definition) is 1. The van der Waals surface area contributed by atoms with Crippen LogP contribution in [0.1, 0.15) is 33.1 Å². The molecule has 1 fully saturated rings. The smallest absolute Gasteiger partial charge is 0.320 e. The van der Waals surface area contributed by atoms with Crippen molar-refractivity contribution in [1.29, 1.82) is 0 Å². The Hall–Kier alpha value is -1.31. The second kappa shape index (κ2) is 7.11. The highest BCUT2D eigenvalue weighted by Gasteiger charge is 2.37. The van der Waals surface area contributed by atoms with Gasteiger partial charge in [-0.05, 0) is 12.8 Å². The van der Waals surface area contributed by atoms with Gasteiger partial charge < -0.3 is 14.9 Å². The van der Waals surface area contributed by atoms with Crippen molar-refractivity contribution in [1.82, 2.24) is 9.80 Å². The van der Waals surface area contributed by atoms with Gasteiger partial charge in [-0.15, -0.1) is 0 Å². The molecule has 1 atom stereocenters. The number of carboxylic acids is 1. The van der Waals surface area contributed by atoms with Gasteiger partial charge in [0.2, 0.25) is 0 Å². The van der Waals surface area contributed by atoms with Gasteiger partial charge in [0.15, 0.2) is 9.84 Å². The maximum atomic E-state index is 12.5. The molecule has 0 aliphatic carbocycles. The van der Waals surface area contributed by atoms with Crippen LogP contribution < -0.4 is 0 Å². The van der Waals surface area contributed by atoms with Crippen molar-refractivity contribution in [2.24, 2.45) is 0 Å². The Kier molecular flexibility index (Phi) is 6.00. The van der Waals surface area contributed by atoms with Crippen molar-refractivity contribution >= 4 is 21.8 Å². The summed E-state index contributed by atoms with van der Waals surface area (Å²) in [7, 11) is -1.60. The van der Waals surface area contributed by atoms with Crippen LogP contribution in [0, 0.1) is 0 Å². The van der Waals surface area contributed by atoms with Gasteiger partial charge in [-0.2, -0.15) is 0 Å². The zero-order valence-electron chi connectivity index (χ0n) is 12.8. The van der Waals surface area contributed by atoms with Crippen LogP contribution in [0.5, 0.6) is 0 Å². The number of aliphatic carboxylic acids is 1. The van der Waals surface area contributed by atoms with Gasteiger partial charge in [-0.25, -0.2) is 13.2 Å². The van der Waals surface area contributed by atoms with Gasteiger partial charge in [0.1, 0.15) is 0 Å². The van der Waals surface area contributed by atoms with E-state index in [4.69, 9.17) is 5.11 Å². The molecule has 1 aliphatic rings. The molecule has 1 saturated heterocycles. The van der Waals surface area contributed by atoms with Crippen molar-refractivity contribution in [3.8, 4) is 0 Å². The number of urea groups is 1. The minimum atomic E-state index is -3.28. The first kappa shape index (κ1) is 17.7. The summed E-state index contributed by atoms with van der Waals surface area (Å²) >= 11 is 0. The Balaban J connectivity index is 2.91. The van der Waals surface area contributed by atoms with Gasteiger partial charge in [-0.1, -0.05) is 13.8 Å². The number of amides is 2. The van der Waals surface area contributed by atoms with Crippen LogP contribution in [0.2, 0.25) is 0 Å². The average molecular weight is 320 g/mol. The molecular formula is C13H24N2O5S. The lowest BCUT2D eigenvalue weighted by Gasteiger charge is -2.39. The Morgan fingerprint density at radius 1 is 1.33 bits per heavy atom. The van der Waals surface area contributed by atoms with E-state index in [0.29, 0.717) is 0 Å². The van der Waals surface area contributed by atoms with Crippen LogP contribution in [0.4, 0.5) is 4.79 Å². The molecule has 0 aromatic heterocycles. The van der Waals surface area contributed by atoms with Crippen LogP contribution in [0.25, 0.3) is 0 Å². The van der Waals surface area contributed by atoms with Gasteiger partial charge in [0, 0.05) is 19.6 Å². The van der Waals surface area contributed by atoms with Gasteiger partial charge >= 0.3 is 12.0 Å². The minimum Gasteiger partial charge on any atom is -0.481 e. The Morgan fingerprint density at radius 3 is 2.38 bits per heavy atom. The Bertz CT molecular complexity index is 487. The molecule has 1 heterocycles. The third-order valence-electron chi connectivity index (χ3n) is 3.98. The summed E-state index contributed by atoms with van der Waals surface area (Å²) in [5, 5.41) is 8.93. The summed E-state index contributed by atoms with van der Waals surface area (Å²) < 4.78 is 23.4. The molecule has 7 nitrogen and oxygen atoms in total. The van der Waals surface area contributed by atoms with Crippen molar-refractivity contribution in [3.05, 3.63) is 0 Å². The van der Waals surface area contributed by atoms with E-state index in [2.05, 4.69) is 0 Å². The average Bonchev–Trinajstić information content (AvgIpc) is 2.37. The maximum Gasteiger partial charge on any atom is 0.320 e. The van der Waals surface area contributed by atoms with E-state index < -0.39 is 21.8 Å². The topological polar surface area (TPSA) is 95.0 Å². The molecule has 122 valence electrons. The highest BCUT2D eigenvalue weighted by Crippen LogP contribution is 2.19. The van der Waals surface area contributed by atoms with E-state index in [1.165, 1.54) is 4.90 Å². The number of carbonyl (C=O) groups is 2. The first-order valence-corrected chi connectivity index (χ1v) is 8.99. The van der Waals surface area contributed by atoms with Crippen LogP contribution in [-0.4, -0.2) is 72.5 Å². The Morgan fingerprint density at radius 2 is 1.90 bits per heavy atom. The summed E-state index contributed by atoms with van der Waals surface area (Å²) in [5.74, 6) is -1.48. The summed E-state index contributed by atoms with van der Waals surface area (Å²) in [4.78, 5) is 26.4. The highest BCUT2D eigenvalue weighted by atomic mass is 32.2. The van der Waals surface area contributed by atoms with E-state index in [-0.39, 0.29) is 36.5 Å². The molecule has 0 radical (unpaired) electrons. The maximum absolute atomic E-state index is 12.5. The number of carboxylic acid groups (broad SMARTS) is 1. The highest BCUT2D eigenvalue weighted by molar-refractivity contribution is 7.91. The van der Waals surface area contributed by atoms with Crippen molar-refractivity contribution in [3.63, 3.8) is 0 Å². The second-order valence-corrected chi connectivity index (χ2v) is 7.65. The largest absolute Gasteiger partial charge is 0.481 e. The standard InChI is InChI=1S/C13H24N2O5S/c1-4-10(5-2)14(3)13(18)15-6-7-21(19,20)9-11(15)8-12(16)17/h10-11H,4-9H2,1-3H3,(H,16,17). The monoisotopic (exact) mass is 320 g/mol. The molecule has 2 amide bonds. The van der Waals surface area contributed by atoms with Crippen molar-refractivity contribution in [2.75, 3.05) is 25.1 Å². The fraction of sp³-hybridized carbons (Fsp3) is 0.846. The summed E-state index contributed by atoms with van der Waals surface area (Å²) in [6.07, 6.45) is 1.25. The lowest BCUT2D eigenvalue weighted by atomic mass is 10.1.